The van der Waals surface area contributed by atoms with E-state index >= 15 is 0 Å². The van der Waals surface area contributed by atoms with Crippen molar-refractivity contribution in [2.45, 2.75) is 45.1 Å². The molecule has 1 aromatic carbocycles. The van der Waals surface area contributed by atoms with Crippen molar-refractivity contribution in [3.05, 3.63) is 35.9 Å². The monoisotopic (exact) mass is 344 g/mol. The molecule has 2 amide bonds. The fraction of sp³-hybridized carbons (Fsp3) is 0.600. The average Bonchev–Trinajstić information content (AvgIpc) is 2.64. The molecule has 0 spiro atoms. The predicted octanol–water partition coefficient (Wildman–Crippen LogP) is 2.15. The fourth-order valence-corrected chi connectivity index (χ4v) is 3.90. The summed E-state index contributed by atoms with van der Waals surface area (Å²) in [6.45, 7) is 4.35. The number of rotatable bonds is 4. The van der Waals surface area contributed by atoms with Crippen LogP contribution in [0.1, 0.15) is 38.2 Å². The van der Waals surface area contributed by atoms with Gasteiger partial charge in [-0.2, -0.15) is 0 Å². The molecule has 0 aliphatic carbocycles. The van der Waals surface area contributed by atoms with Crippen molar-refractivity contribution in [2.75, 3.05) is 26.3 Å². The van der Waals surface area contributed by atoms with Crippen LogP contribution in [0.4, 0.5) is 0 Å². The Labute approximate surface area is 149 Å². The van der Waals surface area contributed by atoms with Gasteiger partial charge in [0.25, 0.3) is 0 Å². The summed E-state index contributed by atoms with van der Waals surface area (Å²) in [5.41, 5.74) is 0.756. The third-order valence-corrected chi connectivity index (χ3v) is 5.59. The minimum absolute atomic E-state index is 0.0955. The standard InChI is InChI=1S/C20H28N2O3/c1-16(23)22-11-9-20(10-12-22,15-17-5-3-2-4-6-17)19(24)21-18-7-13-25-14-8-18/h2-6,18H,7-15H2,1H3,(H,21,24). The van der Waals surface area contributed by atoms with Crippen LogP contribution in [0.25, 0.3) is 0 Å². The number of amides is 2. The third kappa shape index (κ3) is 4.40. The van der Waals surface area contributed by atoms with Crippen LogP contribution in [-0.2, 0) is 20.7 Å². The summed E-state index contributed by atoms with van der Waals surface area (Å²) in [4.78, 5) is 26.7. The highest BCUT2D eigenvalue weighted by molar-refractivity contribution is 5.84. The fourth-order valence-electron chi connectivity index (χ4n) is 3.90. The van der Waals surface area contributed by atoms with Gasteiger partial charge in [-0.25, -0.2) is 0 Å². The third-order valence-electron chi connectivity index (χ3n) is 5.59. The molecule has 25 heavy (non-hydrogen) atoms. The van der Waals surface area contributed by atoms with E-state index in [1.807, 2.05) is 23.1 Å². The van der Waals surface area contributed by atoms with E-state index in [9.17, 15) is 9.59 Å². The Morgan fingerprint density at radius 1 is 1.16 bits per heavy atom. The first kappa shape index (κ1) is 17.9. The van der Waals surface area contributed by atoms with Crippen LogP contribution in [0.5, 0.6) is 0 Å². The zero-order valence-electron chi connectivity index (χ0n) is 15.0. The molecule has 2 heterocycles. The maximum atomic E-state index is 13.2. The highest BCUT2D eigenvalue weighted by atomic mass is 16.5. The van der Waals surface area contributed by atoms with Crippen molar-refractivity contribution in [2.24, 2.45) is 5.41 Å². The van der Waals surface area contributed by atoms with E-state index in [1.54, 1.807) is 6.92 Å². The lowest BCUT2D eigenvalue weighted by molar-refractivity contribution is -0.140. The van der Waals surface area contributed by atoms with Crippen molar-refractivity contribution in [1.29, 1.82) is 0 Å². The molecule has 0 unspecified atom stereocenters. The van der Waals surface area contributed by atoms with Gasteiger partial charge in [0.05, 0.1) is 5.41 Å². The number of nitrogens with zero attached hydrogens (tertiary/aromatic N) is 1. The summed E-state index contributed by atoms with van der Waals surface area (Å²) in [5, 5.41) is 3.27. The van der Waals surface area contributed by atoms with E-state index < -0.39 is 5.41 Å². The molecule has 136 valence electrons. The molecule has 2 aliphatic rings. The number of hydrogen-bond donors (Lipinski definition) is 1. The first-order valence-corrected chi connectivity index (χ1v) is 9.27. The number of carbonyl (C=O) groups excluding carboxylic acids is 2. The Morgan fingerprint density at radius 2 is 1.80 bits per heavy atom. The van der Waals surface area contributed by atoms with Crippen LogP contribution in [0.15, 0.2) is 30.3 Å². The van der Waals surface area contributed by atoms with Crippen LogP contribution < -0.4 is 5.32 Å². The molecule has 0 atom stereocenters. The van der Waals surface area contributed by atoms with E-state index in [2.05, 4.69) is 17.4 Å². The van der Waals surface area contributed by atoms with Crippen molar-refractivity contribution in [3.8, 4) is 0 Å². The lowest BCUT2D eigenvalue weighted by atomic mass is 9.72. The molecule has 2 fully saturated rings. The van der Waals surface area contributed by atoms with Gasteiger partial charge >= 0.3 is 0 Å². The minimum Gasteiger partial charge on any atom is -0.381 e. The summed E-state index contributed by atoms with van der Waals surface area (Å²) in [7, 11) is 0. The Balaban J connectivity index is 1.74. The molecular formula is C20H28N2O3. The molecule has 5 heteroatoms. The number of likely N-dealkylation sites (tertiary alicyclic amines) is 1. The SMILES string of the molecule is CC(=O)N1CCC(Cc2ccccc2)(C(=O)NC2CCOCC2)CC1. The van der Waals surface area contributed by atoms with E-state index in [0.717, 1.165) is 45.3 Å². The van der Waals surface area contributed by atoms with Crippen LogP contribution in [0.2, 0.25) is 0 Å². The van der Waals surface area contributed by atoms with Crippen molar-refractivity contribution in [3.63, 3.8) is 0 Å². The summed E-state index contributed by atoms with van der Waals surface area (Å²) in [6.07, 6.45) is 3.93. The molecule has 2 aliphatic heterocycles. The Kier molecular flexibility index (Phi) is 5.74. The van der Waals surface area contributed by atoms with Gasteiger partial charge in [0.2, 0.25) is 11.8 Å². The van der Waals surface area contributed by atoms with Crippen LogP contribution in [0, 0.1) is 5.41 Å². The maximum Gasteiger partial charge on any atom is 0.226 e. The molecule has 0 saturated carbocycles. The number of nitrogens with one attached hydrogen (secondary N) is 1. The first-order valence-electron chi connectivity index (χ1n) is 9.27. The summed E-state index contributed by atoms with van der Waals surface area (Å²) >= 11 is 0. The number of carbonyl (C=O) groups is 2. The molecule has 5 nitrogen and oxygen atoms in total. The summed E-state index contributed by atoms with van der Waals surface area (Å²) < 4.78 is 5.39. The van der Waals surface area contributed by atoms with Gasteiger partial charge in [-0.15, -0.1) is 0 Å². The van der Waals surface area contributed by atoms with Crippen molar-refractivity contribution in [1.82, 2.24) is 10.2 Å². The van der Waals surface area contributed by atoms with Gasteiger partial charge in [-0.3, -0.25) is 9.59 Å². The van der Waals surface area contributed by atoms with E-state index in [4.69, 9.17) is 4.74 Å². The van der Waals surface area contributed by atoms with Crippen molar-refractivity contribution < 1.29 is 14.3 Å². The molecular weight excluding hydrogens is 316 g/mol. The smallest absolute Gasteiger partial charge is 0.226 e. The van der Waals surface area contributed by atoms with Crippen LogP contribution in [0.3, 0.4) is 0 Å². The normalized spacial score (nSPS) is 20.9. The van der Waals surface area contributed by atoms with Gasteiger partial charge in [0, 0.05) is 39.3 Å². The second-order valence-corrected chi connectivity index (χ2v) is 7.31. The molecule has 2 saturated heterocycles. The lowest BCUT2D eigenvalue weighted by Crippen LogP contribution is -2.53. The quantitative estimate of drug-likeness (QED) is 0.910. The lowest BCUT2D eigenvalue weighted by Gasteiger charge is -2.41. The first-order chi connectivity index (χ1) is 12.1. The molecule has 3 rings (SSSR count). The van der Waals surface area contributed by atoms with E-state index in [1.165, 1.54) is 5.56 Å². The number of piperidine rings is 1. The number of hydrogen-bond acceptors (Lipinski definition) is 3. The Hall–Kier alpha value is -1.88. The highest BCUT2D eigenvalue weighted by Gasteiger charge is 2.42. The molecule has 1 N–H and O–H groups in total. The highest BCUT2D eigenvalue weighted by Crippen LogP contribution is 2.36. The molecule has 0 radical (unpaired) electrons. The predicted molar refractivity (Wildman–Crippen MR) is 96.1 cm³/mol. The largest absolute Gasteiger partial charge is 0.381 e. The van der Waals surface area contributed by atoms with Gasteiger partial charge < -0.3 is 15.0 Å². The van der Waals surface area contributed by atoms with Crippen LogP contribution in [-0.4, -0.2) is 49.1 Å². The van der Waals surface area contributed by atoms with E-state index in [0.29, 0.717) is 13.1 Å². The topological polar surface area (TPSA) is 58.6 Å². The summed E-state index contributed by atoms with van der Waals surface area (Å²) in [5.74, 6) is 0.240. The van der Waals surface area contributed by atoms with Crippen LogP contribution >= 0.6 is 0 Å². The number of benzene rings is 1. The molecule has 0 aromatic heterocycles. The maximum absolute atomic E-state index is 13.2. The molecule has 1 aromatic rings. The Morgan fingerprint density at radius 3 is 2.40 bits per heavy atom. The van der Waals surface area contributed by atoms with E-state index in [-0.39, 0.29) is 17.9 Å². The average molecular weight is 344 g/mol. The Bertz CT molecular complexity index is 588. The van der Waals surface area contributed by atoms with Gasteiger partial charge in [0.1, 0.15) is 0 Å². The van der Waals surface area contributed by atoms with Gasteiger partial charge in [0.15, 0.2) is 0 Å². The number of ether oxygens (including phenoxy) is 1. The second-order valence-electron chi connectivity index (χ2n) is 7.31. The zero-order chi connectivity index (χ0) is 17.7. The zero-order valence-corrected chi connectivity index (χ0v) is 15.0. The van der Waals surface area contributed by atoms with Crippen molar-refractivity contribution >= 4 is 11.8 Å². The summed E-state index contributed by atoms with van der Waals surface area (Å²) in [6, 6.07) is 10.4. The second kappa shape index (κ2) is 8.00. The van der Waals surface area contributed by atoms with Gasteiger partial charge in [-0.05, 0) is 37.7 Å². The van der Waals surface area contributed by atoms with Gasteiger partial charge in [-0.1, -0.05) is 30.3 Å². The minimum atomic E-state index is -0.425. The molecule has 0 bridgehead atoms.